The molecule has 1 aromatic carbocycles. The van der Waals surface area contributed by atoms with Crippen molar-refractivity contribution in [1.82, 2.24) is 10.2 Å². The zero-order valence-electron chi connectivity index (χ0n) is 16.5. The van der Waals surface area contributed by atoms with Crippen molar-refractivity contribution in [1.29, 1.82) is 0 Å². The van der Waals surface area contributed by atoms with Crippen LogP contribution in [0.2, 0.25) is 0 Å². The molecular formula is C22H24F2N2O4. The van der Waals surface area contributed by atoms with E-state index in [0.29, 0.717) is 19.4 Å². The van der Waals surface area contributed by atoms with Crippen LogP contribution in [-0.4, -0.2) is 36.4 Å². The Morgan fingerprint density at radius 2 is 2.00 bits per heavy atom. The molecule has 0 spiro atoms. The fourth-order valence-corrected chi connectivity index (χ4v) is 4.31. The molecule has 1 N–H and O–H groups in total. The number of fused-ring (bicyclic) bond motifs is 1. The lowest BCUT2D eigenvalue weighted by atomic mass is 9.91. The van der Waals surface area contributed by atoms with E-state index in [0.717, 1.165) is 30.6 Å². The number of alkyl halides is 2. The molecule has 4 rings (SSSR count). The Balaban J connectivity index is 1.43. The number of furan rings is 1. The van der Waals surface area contributed by atoms with Crippen molar-refractivity contribution in [3.63, 3.8) is 0 Å². The Bertz CT molecular complexity index is 914. The highest BCUT2D eigenvalue weighted by Crippen LogP contribution is 2.31. The van der Waals surface area contributed by atoms with Gasteiger partial charge in [0.05, 0.1) is 23.8 Å². The molecule has 160 valence electrons. The summed E-state index contributed by atoms with van der Waals surface area (Å²) in [6, 6.07) is 7.77. The predicted octanol–water partition coefficient (Wildman–Crippen LogP) is 3.93. The normalized spacial score (nSPS) is 21.2. The lowest BCUT2D eigenvalue weighted by molar-refractivity contribution is -0.127. The number of hydrogen-bond acceptors (Lipinski definition) is 4. The van der Waals surface area contributed by atoms with Crippen molar-refractivity contribution in [2.75, 3.05) is 13.1 Å². The zero-order chi connectivity index (χ0) is 21.1. The summed E-state index contributed by atoms with van der Waals surface area (Å²) < 4.78 is 35.3. The molecule has 1 aromatic heterocycles. The van der Waals surface area contributed by atoms with E-state index in [1.54, 1.807) is 17.2 Å². The van der Waals surface area contributed by atoms with Gasteiger partial charge < -0.3 is 19.4 Å². The third kappa shape index (κ3) is 4.32. The first-order chi connectivity index (χ1) is 14.5. The molecule has 1 fully saturated rings. The first-order valence-corrected chi connectivity index (χ1v) is 10.2. The van der Waals surface area contributed by atoms with E-state index >= 15 is 0 Å². The third-order valence-electron chi connectivity index (χ3n) is 5.78. The summed E-state index contributed by atoms with van der Waals surface area (Å²) in [4.78, 5) is 27.4. The number of nitrogens with one attached hydrogen (secondary N) is 1. The monoisotopic (exact) mass is 418 g/mol. The number of benzene rings is 1. The van der Waals surface area contributed by atoms with Crippen LogP contribution in [0.5, 0.6) is 5.75 Å². The Labute approximate surface area is 173 Å². The second-order valence-corrected chi connectivity index (χ2v) is 7.72. The highest BCUT2D eigenvalue weighted by Gasteiger charge is 2.32. The van der Waals surface area contributed by atoms with E-state index in [-0.39, 0.29) is 35.7 Å². The van der Waals surface area contributed by atoms with Crippen LogP contribution in [-0.2, 0) is 11.2 Å². The lowest BCUT2D eigenvalue weighted by Crippen LogP contribution is -2.46. The van der Waals surface area contributed by atoms with E-state index in [9.17, 15) is 18.4 Å². The number of carbonyl (C=O) groups is 2. The van der Waals surface area contributed by atoms with Crippen molar-refractivity contribution in [3.05, 3.63) is 53.5 Å². The van der Waals surface area contributed by atoms with Gasteiger partial charge in [-0.3, -0.25) is 9.59 Å². The maximum Gasteiger partial charge on any atom is 0.387 e. The van der Waals surface area contributed by atoms with Crippen LogP contribution < -0.4 is 10.1 Å². The van der Waals surface area contributed by atoms with Gasteiger partial charge in [-0.1, -0.05) is 12.1 Å². The largest absolute Gasteiger partial charge is 0.469 e. The summed E-state index contributed by atoms with van der Waals surface area (Å²) in [6.45, 7) is -2.29. The van der Waals surface area contributed by atoms with Crippen molar-refractivity contribution in [3.8, 4) is 5.75 Å². The zero-order valence-corrected chi connectivity index (χ0v) is 16.5. The van der Waals surface area contributed by atoms with Gasteiger partial charge in [0.15, 0.2) is 0 Å². The van der Waals surface area contributed by atoms with Gasteiger partial charge in [-0.05, 0) is 43.9 Å². The van der Waals surface area contributed by atoms with E-state index in [2.05, 4.69) is 10.1 Å². The molecule has 30 heavy (non-hydrogen) atoms. The number of nitrogens with zero attached hydrogens (tertiary/aromatic N) is 1. The van der Waals surface area contributed by atoms with E-state index in [4.69, 9.17) is 4.42 Å². The first-order valence-electron chi connectivity index (χ1n) is 10.2. The number of aryl methyl sites for hydroxylation is 1. The quantitative estimate of drug-likeness (QED) is 0.799. The number of hydrogen-bond donors (Lipinski definition) is 1. The van der Waals surface area contributed by atoms with E-state index < -0.39 is 12.5 Å². The van der Waals surface area contributed by atoms with Gasteiger partial charge in [-0.2, -0.15) is 8.78 Å². The Hall–Kier alpha value is -2.90. The molecule has 2 aliphatic rings. The molecule has 0 saturated carbocycles. The summed E-state index contributed by atoms with van der Waals surface area (Å²) in [6.07, 6.45) is 5.67. The van der Waals surface area contributed by atoms with E-state index in [1.165, 1.54) is 18.2 Å². The number of rotatable bonds is 5. The molecular weight excluding hydrogens is 394 g/mol. The van der Waals surface area contributed by atoms with Crippen molar-refractivity contribution in [2.45, 2.75) is 44.8 Å². The average Bonchev–Trinajstić information content (AvgIpc) is 3.23. The van der Waals surface area contributed by atoms with Crippen molar-refractivity contribution >= 4 is 11.8 Å². The summed E-state index contributed by atoms with van der Waals surface area (Å²) in [7, 11) is 0. The molecule has 1 aliphatic heterocycles. The summed E-state index contributed by atoms with van der Waals surface area (Å²) in [5, 5.41) is 3.11. The predicted molar refractivity (Wildman–Crippen MR) is 104 cm³/mol. The van der Waals surface area contributed by atoms with Gasteiger partial charge in [0.1, 0.15) is 11.5 Å². The molecule has 0 radical (unpaired) electrons. The Morgan fingerprint density at radius 3 is 2.83 bits per heavy atom. The third-order valence-corrected chi connectivity index (χ3v) is 5.78. The molecule has 2 atom stereocenters. The van der Waals surface area contributed by atoms with Gasteiger partial charge in [0.2, 0.25) is 5.91 Å². The van der Waals surface area contributed by atoms with Gasteiger partial charge in [-0.15, -0.1) is 0 Å². The summed E-state index contributed by atoms with van der Waals surface area (Å²) >= 11 is 0. The second-order valence-electron chi connectivity index (χ2n) is 7.72. The molecule has 2 aromatic rings. The minimum atomic E-state index is -3.01. The fourth-order valence-electron chi connectivity index (χ4n) is 4.31. The first kappa shape index (κ1) is 20.4. The second kappa shape index (κ2) is 8.85. The minimum Gasteiger partial charge on any atom is -0.469 e. The standard InChI is InChI=1S/C22H24F2N2O4/c23-22(24)30-19-8-2-1-6-16(19)21(28)26-11-4-5-14(13-26)20(27)25-17-7-3-9-18-15(17)10-12-29-18/h1-2,6,8,10,12,14,17,22H,3-5,7,9,11,13H2,(H,25,27). The number of para-hydroxylation sites is 1. The average molecular weight is 418 g/mol. The Kier molecular flexibility index (Phi) is 6.01. The lowest BCUT2D eigenvalue weighted by Gasteiger charge is -2.33. The number of carbonyl (C=O) groups excluding carboxylic acids is 2. The Morgan fingerprint density at radius 1 is 1.17 bits per heavy atom. The maximum atomic E-state index is 12.9. The van der Waals surface area contributed by atoms with Crippen molar-refractivity contribution < 1.29 is 27.5 Å². The van der Waals surface area contributed by atoms with Gasteiger partial charge >= 0.3 is 6.61 Å². The van der Waals surface area contributed by atoms with Crippen LogP contribution in [0.25, 0.3) is 0 Å². The number of likely N-dealkylation sites (tertiary alicyclic amines) is 1. The van der Waals surface area contributed by atoms with Crippen LogP contribution in [0.15, 0.2) is 41.0 Å². The topological polar surface area (TPSA) is 71.8 Å². The molecule has 2 heterocycles. The van der Waals surface area contributed by atoms with Crippen LogP contribution in [0.1, 0.15) is 53.4 Å². The molecule has 1 aliphatic carbocycles. The van der Waals surface area contributed by atoms with Gasteiger partial charge in [-0.25, -0.2) is 0 Å². The highest BCUT2D eigenvalue weighted by molar-refractivity contribution is 5.97. The number of piperidine rings is 1. The summed E-state index contributed by atoms with van der Waals surface area (Å²) in [5.41, 5.74) is 1.10. The molecule has 2 unspecified atom stereocenters. The molecule has 2 amide bonds. The number of amides is 2. The van der Waals surface area contributed by atoms with Crippen LogP contribution in [0, 0.1) is 5.92 Å². The SMILES string of the molecule is O=C(NC1CCCc2occc21)C1CCCN(C(=O)c2ccccc2OC(F)F)C1. The van der Waals surface area contributed by atoms with Crippen LogP contribution in [0.4, 0.5) is 8.78 Å². The number of halogens is 2. The summed E-state index contributed by atoms with van der Waals surface area (Å²) in [5.74, 6) is -0.0771. The van der Waals surface area contributed by atoms with Crippen LogP contribution >= 0.6 is 0 Å². The number of ether oxygens (including phenoxy) is 1. The smallest absolute Gasteiger partial charge is 0.387 e. The maximum absolute atomic E-state index is 12.9. The highest BCUT2D eigenvalue weighted by atomic mass is 19.3. The minimum absolute atomic E-state index is 0.0776. The fraction of sp³-hybridized carbons (Fsp3) is 0.455. The molecule has 6 nitrogen and oxygen atoms in total. The molecule has 0 bridgehead atoms. The molecule has 1 saturated heterocycles. The van der Waals surface area contributed by atoms with Gasteiger partial charge in [0.25, 0.3) is 5.91 Å². The van der Waals surface area contributed by atoms with Crippen molar-refractivity contribution in [2.24, 2.45) is 5.92 Å². The van der Waals surface area contributed by atoms with Gasteiger partial charge in [0, 0.05) is 25.1 Å². The molecule has 8 heteroatoms. The van der Waals surface area contributed by atoms with E-state index in [1.807, 2.05) is 6.07 Å². The van der Waals surface area contributed by atoms with Crippen LogP contribution in [0.3, 0.4) is 0 Å².